The number of furan rings is 1. The summed E-state index contributed by atoms with van der Waals surface area (Å²) in [5.74, 6) is 3.32. The zero-order valence-corrected chi connectivity index (χ0v) is 83.9. The van der Waals surface area contributed by atoms with Gasteiger partial charge in [0, 0.05) is 110 Å². The Morgan fingerprint density at radius 3 is 1.62 bits per heavy atom. The van der Waals surface area contributed by atoms with E-state index in [0.717, 1.165) is 104 Å². The molecule has 4 amide bonds. The molecule has 9 aliphatic heterocycles. The third-order valence-electron chi connectivity index (χ3n) is 23.8. The van der Waals surface area contributed by atoms with Crippen molar-refractivity contribution in [1.29, 1.82) is 21.0 Å². The second-order valence-electron chi connectivity index (χ2n) is 33.2. The molecule has 150 heavy (non-hydrogen) atoms. The van der Waals surface area contributed by atoms with E-state index in [4.69, 9.17) is 72.4 Å². The summed E-state index contributed by atoms with van der Waals surface area (Å²) in [6.45, 7) is 15.8. The number of benzene rings is 10. The number of nitriles is 4. The monoisotopic (exact) mass is 2010 g/mol. The molecular formula is C120H94N8O21S. The lowest BCUT2D eigenvalue weighted by Gasteiger charge is -2.33. The fraction of sp³-hybridized carbons (Fsp3) is 0.133. The van der Waals surface area contributed by atoms with Crippen LogP contribution in [0, 0.1) is 52.2 Å². The fourth-order valence-corrected chi connectivity index (χ4v) is 17.3. The summed E-state index contributed by atoms with van der Waals surface area (Å²) < 4.78 is 59.9. The second kappa shape index (κ2) is 48.1. The summed E-state index contributed by atoms with van der Waals surface area (Å²) in [7, 11) is 5.00. The van der Waals surface area contributed by atoms with E-state index in [9.17, 15) is 48.4 Å². The van der Waals surface area contributed by atoms with Crippen LogP contribution in [-0.2, 0) is 38.3 Å². The number of carbonyl (C=O) groups is 9. The average Bonchev–Trinajstić information content (AvgIpc) is 1.41. The number of urea groups is 1. The van der Waals surface area contributed by atoms with E-state index in [1.54, 1.807) is 151 Å². The van der Waals surface area contributed by atoms with Gasteiger partial charge in [0.05, 0.1) is 51.7 Å². The maximum absolute atomic E-state index is 12.8. The lowest BCUT2D eigenvalue weighted by atomic mass is 9.97. The molecule has 0 radical (unpaired) electrons. The molecule has 1 aromatic heterocycles. The number of esters is 2. The molecule has 0 atom stereocenters. The summed E-state index contributed by atoms with van der Waals surface area (Å²) in [4.78, 5) is 121. The molecule has 21 rings (SSSR count). The highest BCUT2D eigenvalue weighted by Gasteiger charge is 2.44. The Labute approximate surface area is 867 Å². The number of amides is 4. The minimum atomic E-state index is -0.668. The van der Waals surface area contributed by atoms with Crippen molar-refractivity contribution in [1.82, 2.24) is 9.80 Å². The normalized spacial score (nSPS) is 15.8. The first kappa shape index (κ1) is 105. The first-order chi connectivity index (χ1) is 72.8. The maximum Gasteiger partial charge on any atom is 0.371 e. The molecule has 0 N–H and O–H groups in total. The number of ketones is 3. The number of allylic oxidation sites excluding steroid dienone is 12. The van der Waals surface area contributed by atoms with Crippen molar-refractivity contribution in [3.63, 3.8) is 0 Å². The minimum absolute atomic E-state index is 0.0101. The number of imide groups is 2. The maximum atomic E-state index is 12.8. The quantitative estimate of drug-likeness (QED) is 0.0258. The molecule has 1 aliphatic carbocycles. The van der Waals surface area contributed by atoms with Crippen LogP contribution in [0.15, 0.2) is 367 Å². The van der Waals surface area contributed by atoms with Gasteiger partial charge in [0.15, 0.2) is 22.7 Å². The molecule has 10 aliphatic rings. The van der Waals surface area contributed by atoms with Gasteiger partial charge < -0.3 is 61.5 Å². The van der Waals surface area contributed by atoms with Crippen LogP contribution in [0.2, 0.25) is 0 Å². The number of likely N-dealkylation sites (N-methyl/N-ethyl adjacent to an activating group) is 3. The van der Waals surface area contributed by atoms with Gasteiger partial charge in [-0.3, -0.25) is 33.8 Å². The number of barbiturate groups is 1. The van der Waals surface area contributed by atoms with Crippen LogP contribution in [0.3, 0.4) is 0 Å². The number of carbonyl (C=O) groups excluding carboxylic acids is 9. The van der Waals surface area contributed by atoms with E-state index >= 15 is 0 Å². The van der Waals surface area contributed by atoms with Gasteiger partial charge in [-0.05, 0) is 211 Å². The minimum Gasteiger partial charge on any atom is -0.497 e. The number of rotatable bonds is 13. The molecule has 0 saturated carbocycles. The van der Waals surface area contributed by atoms with Crippen LogP contribution < -0.4 is 42.8 Å². The van der Waals surface area contributed by atoms with Crippen LogP contribution in [0.1, 0.15) is 130 Å². The van der Waals surface area contributed by atoms with E-state index < -0.39 is 35.8 Å². The number of fused-ring (bicyclic) bond motifs is 9. The van der Waals surface area contributed by atoms with Crippen molar-refractivity contribution < 1.29 is 99.8 Å². The van der Waals surface area contributed by atoms with Crippen molar-refractivity contribution >= 4 is 129 Å². The number of ether oxygens (including phenoxy) is 10. The number of nitrogens with zero attached hydrogens (tertiary/aromatic N) is 8. The van der Waals surface area contributed by atoms with E-state index in [-0.39, 0.29) is 83.0 Å². The predicted octanol–water partition coefficient (Wildman–Crippen LogP) is 23.0. The molecule has 746 valence electrons. The highest BCUT2D eigenvalue weighted by Crippen LogP contribution is 2.44. The Bertz CT molecular complexity index is 7980. The molecule has 30 heteroatoms. The number of hydrogen-bond donors (Lipinski definition) is 0. The summed E-state index contributed by atoms with van der Waals surface area (Å²) in [5, 5.41) is 40.9. The Hall–Kier alpha value is -19.7. The van der Waals surface area contributed by atoms with Crippen molar-refractivity contribution in [2.75, 3.05) is 59.1 Å². The van der Waals surface area contributed by atoms with Gasteiger partial charge in [-0.2, -0.15) is 21.0 Å². The molecule has 1 saturated heterocycles. The van der Waals surface area contributed by atoms with Crippen molar-refractivity contribution in [3.05, 3.63) is 419 Å². The molecule has 10 aromatic carbocycles. The largest absolute Gasteiger partial charge is 0.497 e. The summed E-state index contributed by atoms with van der Waals surface area (Å²) in [6.07, 6.45) is 24.6. The lowest BCUT2D eigenvalue weighted by Crippen LogP contribution is -2.56. The smallest absolute Gasteiger partial charge is 0.371 e. The number of thioether (sulfide) groups is 1. The Kier molecular flexibility index (Phi) is 33.6. The van der Waals surface area contributed by atoms with Crippen LogP contribution in [0.5, 0.6) is 46.0 Å². The molecule has 10 heterocycles. The topological polar surface area (TPSA) is 386 Å². The highest BCUT2D eigenvalue weighted by molar-refractivity contribution is 8.03. The third-order valence-corrected chi connectivity index (χ3v) is 24.9. The fourth-order valence-electron chi connectivity index (χ4n) is 16.3. The average molecular weight is 2020 g/mol. The molecule has 29 nitrogen and oxygen atoms in total. The van der Waals surface area contributed by atoms with Crippen molar-refractivity contribution in [2.24, 2.45) is 5.16 Å². The standard InChI is InChI=1S/C20H22N2O5.C20H15NO3.C19H12O3.C18H10O3.C16H16N2O3.C14H11NO3.C13H8N2OS/c1-5-21-18(23)17(19(24)22(6-2)20(21)25)16-10-12(4)14-9-8-13(26-7-3)11-15(14)27-16;1-12-8-9-15-13(2)11-17(23-16(15)10-12)18-19(21-24-20(18)22)14-6-4-3-5-7-14;20-17(13-4-2-1-3-5-13)11-16-7-6-14-10-15-8-9-21-18(15)12-19(14)22-16;19-17-12-6-2-3-7-13(12)18(20)16(17)15-10-9-11-5-1-4-8-14(11)21-15;1-4-21-16(19)13(10-17)14-8-6-11-5-7-12(20-3)9-15(11)18(14)2;1-2-17-14(16)11(9-15)13-8-7-10-5-3-4-6-12(10)18-13;1-16-11-4-2-9-3-5-12(10(7-14)8-15)17-13(9)6-11/h8-11H,5-7H2,1-4H3;3-11H,1-2H3;1-12H;1-10H;5-9H,4H2,1-3H3;3-8H,2H2,1H3;2-6H,1H3/b;18-17-;16-11-;;14-13-;13-11-;. The number of para-hydroxylation sites is 2. The molecule has 1 fully saturated rings. The molecule has 11 aromatic rings. The number of anilines is 1. The van der Waals surface area contributed by atoms with E-state index in [1.807, 2.05) is 258 Å². The van der Waals surface area contributed by atoms with Gasteiger partial charge >= 0.3 is 23.9 Å². The summed E-state index contributed by atoms with van der Waals surface area (Å²) >= 11 is 1.41. The number of aryl methyl sites for hydroxylation is 1. The van der Waals surface area contributed by atoms with Crippen LogP contribution in [-0.4, -0.2) is 123 Å². The Morgan fingerprint density at radius 2 is 1.00 bits per heavy atom. The number of methoxy groups -OCH3 is 2. The van der Waals surface area contributed by atoms with E-state index in [2.05, 4.69) is 5.16 Å². The first-order valence-electron chi connectivity index (χ1n) is 47.2. The Balaban J connectivity index is 0.000000131. The predicted molar refractivity (Wildman–Crippen MR) is 565 cm³/mol. The number of oxime groups is 1. The van der Waals surface area contributed by atoms with E-state index in [1.165, 1.54) is 17.8 Å². The van der Waals surface area contributed by atoms with Gasteiger partial charge in [-0.15, -0.1) is 0 Å². The van der Waals surface area contributed by atoms with Gasteiger partial charge in [0.25, 0.3) is 11.8 Å². The SMILES string of the molecule is CC1=C/C(=C2/C(=O)ON=C2c2ccccc2)Oc2cc(C)ccc21.CCOC(=O)/C(C#N)=C1/C=Cc2ccc(OC)cc2N1C.CCOC(=O)/C(C#N)=C1/C=Cc2ccccc2O1.CCOc1ccc2c(c1)OC(=C1C(=O)N(CC)C(=O)N(CC)C1=O)C=C2C.COc1ccc2c(c1)SC(=C(C#N)C#N)C=C2.O=C(/C=C1/C=Cc2cc3ccoc3cc2O1)c1ccccc1.O=C1C(=C2C=Cc3ccccc3O2)C(=O)c2ccccc21. The van der Waals surface area contributed by atoms with Gasteiger partial charge in [0.2, 0.25) is 11.6 Å². The first-order valence-corrected chi connectivity index (χ1v) is 48.0. The second-order valence-corrected chi connectivity index (χ2v) is 34.3. The summed E-state index contributed by atoms with van der Waals surface area (Å²) in [5.41, 5.74) is 15.0. The number of Topliss-reactive ketones (excluding diaryl/α,β-unsaturated/α-hetero) is 2. The van der Waals surface area contributed by atoms with Crippen molar-refractivity contribution in [2.45, 2.75) is 60.3 Å². The molecule has 0 unspecified atom stereocenters. The molecular weight excluding hydrogens is 1920 g/mol. The Morgan fingerprint density at radius 1 is 0.453 bits per heavy atom. The number of hydrogen-bond acceptors (Lipinski definition) is 28. The molecule has 0 spiro atoms. The summed E-state index contributed by atoms with van der Waals surface area (Å²) in [6, 6.07) is 75.9. The molecule has 0 bridgehead atoms. The van der Waals surface area contributed by atoms with Crippen LogP contribution >= 0.6 is 11.8 Å². The van der Waals surface area contributed by atoms with Gasteiger partial charge in [-0.25, -0.2) is 19.2 Å². The van der Waals surface area contributed by atoms with Gasteiger partial charge in [0.1, 0.15) is 127 Å². The van der Waals surface area contributed by atoms with Crippen LogP contribution in [0.4, 0.5) is 10.5 Å². The van der Waals surface area contributed by atoms with E-state index in [0.29, 0.717) is 97.0 Å². The third kappa shape index (κ3) is 23.4. The zero-order valence-electron chi connectivity index (χ0n) is 83.0. The van der Waals surface area contributed by atoms with Crippen LogP contribution in [0.25, 0.3) is 52.5 Å². The highest BCUT2D eigenvalue weighted by atomic mass is 32.2. The van der Waals surface area contributed by atoms with Gasteiger partial charge in [-0.1, -0.05) is 169 Å². The zero-order chi connectivity index (χ0) is 106. The van der Waals surface area contributed by atoms with Crippen molar-refractivity contribution in [3.8, 4) is 70.3 Å². The lowest BCUT2D eigenvalue weighted by molar-refractivity contribution is -0.139.